The molecule has 2 aliphatic rings. The minimum absolute atomic E-state index is 0.727. The molecule has 2 aliphatic carbocycles. The summed E-state index contributed by atoms with van der Waals surface area (Å²) in [6.07, 6.45) is 8.04. The van der Waals surface area contributed by atoms with Crippen LogP contribution in [-0.2, 0) is 13.6 Å². The standard InChI is InChI=1S/C13H20N2/c1-15-8-2-3-12(15)9-14-10-13(6-7-13)11-4-5-11/h2-3,8,11,14H,4-7,9-10H2,1H3. The van der Waals surface area contributed by atoms with E-state index in [-0.39, 0.29) is 0 Å². The molecule has 1 aromatic heterocycles. The summed E-state index contributed by atoms with van der Waals surface area (Å²) in [5.74, 6) is 1.07. The maximum absolute atomic E-state index is 3.63. The molecule has 0 spiro atoms. The number of rotatable bonds is 5. The smallest absolute Gasteiger partial charge is 0.0359 e. The van der Waals surface area contributed by atoms with Gasteiger partial charge in [0.15, 0.2) is 0 Å². The van der Waals surface area contributed by atoms with E-state index in [2.05, 4.69) is 35.3 Å². The molecule has 0 amide bonds. The molecule has 0 aromatic carbocycles. The van der Waals surface area contributed by atoms with Crippen LogP contribution in [0.15, 0.2) is 18.3 Å². The van der Waals surface area contributed by atoms with Crippen LogP contribution in [0.5, 0.6) is 0 Å². The van der Waals surface area contributed by atoms with Crippen LogP contribution < -0.4 is 5.32 Å². The molecular weight excluding hydrogens is 184 g/mol. The van der Waals surface area contributed by atoms with Crippen LogP contribution in [-0.4, -0.2) is 11.1 Å². The van der Waals surface area contributed by atoms with E-state index >= 15 is 0 Å². The fourth-order valence-corrected chi connectivity index (χ4v) is 2.71. The molecule has 2 nitrogen and oxygen atoms in total. The van der Waals surface area contributed by atoms with Gasteiger partial charge in [-0.2, -0.15) is 0 Å². The topological polar surface area (TPSA) is 17.0 Å². The third kappa shape index (κ3) is 1.83. The van der Waals surface area contributed by atoms with Crippen LogP contribution in [0.1, 0.15) is 31.4 Å². The molecule has 0 atom stereocenters. The molecule has 0 radical (unpaired) electrons. The van der Waals surface area contributed by atoms with Crippen molar-refractivity contribution in [3.8, 4) is 0 Å². The van der Waals surface area contributed by atoms with Crippen molar-refractivity contribution in [3.05, 3.63) is 24.0 Å². The van der Waals surface area contributed by atoms with E-state index in [9.17, 15) is 0 Å². The van der Waals surface area contributed by atoms with E-state index in [1.54, 1.807) is 0 Å². The Balaban J connectivity index is 1.49. The summed E-state index contributed by atoms with van der Waals surface area (Å²) in [7, 11) is 2.12. The van der Waals surface area contributed by atoms with Crippen LogP contribution >= 0.6 is 0 Å². The predicted octanol–water partition coefficient (Wildman–Crippen LogP) is 2.30. The van der Waals surface area contributed by atoms with Gasteiger partial charge in [0.1, 0.15) is 0 Å². The molecule has 1 N–H and O–H groups in total. The average Bonchev–Trinajstić information content (AvgIpc) is 3.10. The lowest BCUT2D eigenvalue weighted by Gasteiger charge is -2.15. The zero-order valence-corrected chi connectivity index (χ0v) is 9.50. The molecule has 82 valence electrons. The highest BCUT2D eigenvalue weighted by atomic mass is 15.0. The Labute approximate surface area is 91.7 Å². The summed E-state index contributed by atoms with van der Waals surface area (Å²) in [4.78, 5) is 0. The zero-order valence-electron chi connectivity index (χ0n) is 9.50. The second-order valence-corrected chi connectivity index (χ2v) is 5.35. The van der Waals surface area contributed by atoms with Gasteiger partial charge >= 0.3 is 0 Å². The number of aromatic nitrogens is 1. The van der Waals surface area contributed by atoms with E-state index < -0.39 is 0 Å². The molecular formula is C13H20N2. The molecule has 0 aliphatic heterocycles. The van der Waals surface area contributed by atoms with Crippen molar-refractivity contribution in [2.75, 3.05) is 6.54 Å². The van der Waals surface area contributed by atoms with Crippen LogP contribution in [0, 0.1) is 11.3 Å². The fraction of sp³-hybridized carbons (Fsp3) is 0.692. The van der Waals surface area contributed by atoms with Gasteiger partial charge in [-0.3, -0.25) is 0 Å². The first-order valence-corrected chi connectivity index (χ1v) is 6.11. The molecule has 0 saturated heterocycles. The highest BCUT2D eigenvalue weighted by Crippen LogP contribution is 2.60. The first kappa shape index (κ1) is 9.46. The molecule has 2 fully saturated rings. The summed E-state index contributed by atoms with van der Waals surface area (Å²) in [5, 5.41) is 3.63. The minimum atomic E-state index is 0.727. The molecule has 2 saturated carbocycles. The Morgan fingerprint density at radius 1 is 1.47 bits per heavy atom. The van der Waals surface area contributed by atoms with E-state index in [4.69, 9.17) is 0 Å². The maximum Gasteiger partial charge on any atom is 0.0359 e. The van der Waals surface area contributed by atoms with Crippen molar-refractivity contribution in [1.82, 2.24) is 9.88 Å². The number of hydrogen-bond acceptors (Lipinski definition) is 1. The monoisotopic (exact) mass is 204 g/mol. The predicted molar refractivity (Wildman–Crippen MR) is 61.5 cm³/mol. The molecule has 15 heavy (non-hydrogen) atoms. The first-order valence-electron chi connectivity index (χ1n) is 6.11. The van der Waals surface area contributed by atoms with Crippen LogP contribution in [0.4, 0.5) is 0 Å². The van der Waals surface area contributed by atoms with Crippen molar-refractivity contribution in [2.45, 2.75) is 32.2 Å². The normalized spacial score (nSPS) is 23.0. The van der Waals surface area contributed by atoms with Crippen molar-refractivity contribution in [1.29, 1.82) is 0 Å². The largest absolute Gasteiger partial charge is 0.353 e. The van der Waals surface area contributed by atoms with Gasteiger partial charge in [0.2, 0.25) is 0 Å². The molecule has 2 heteroatoms. The average molecular weight is 204 g/mol. The molecule has 0 bridgehead atoms. The Kier molecular flexibility index (Phi) is 2.13. The molecule has 1 heterocycles. The van der Waals surface area contributed by atoms with Crippen LogP contribution in [0.3, 0.4) is 0 Å². The summed E-state index contributed by atoms with van der Waals surface area (Å²) < 4.78 is 2.20. The summed E-state index contributed by atoms with van der Waals surface area (Å²) in [6, 6.07) is 4.31. The zero-order chi connectivity index (χ0) is 10.3. The lowest BCUT2D eigenvalue weighted by Crippen LogP contribution is -2.25. The van der Waals surface area contributed by atoms with Gasteiger partial charge in [-0.05, 0) is 49.1 Å². The molecule has 0 unspecified atom stereocenters. The van der Waals surface area contributed by atoms with E-state index in [1.807, 2.05) is 0 Å². The third-order valence-electron chi connectivity index (χ3n) is 4.17. The van der Waals surface area contributed by atoms with E-state index in [1.165, 1.54) is 37.9 Å². The number of aryl methyl sites for hydroxylation is 1. The second-order valence-electron chi connectivity index (χ2n) is 5.35. The van der Waals surface area contributed by atoms with E-state index in [0.717, 1.165) is 17.9 Å². The second kappa shape index (κ2) is 3.38. The lowest BCUT2D eigenvalue weighted by atomic mass is 10.0. The summed E-state index contributed by atoms with van der Waals surface area (Å²) >= 11 is 0. The summed E-state index contributed by atoms with van der Waals surface area (Å²) in [6.45, 7) is 2.26. The first-order chi connectivity index (χ1) is 7.30. The highest BCUT2D eigenvalue weighted by molar-refractivity contribution is 5.08. The lowest BCUT2D eigenvalue weighted by molar-refractivity contribution is 0.401. The Morgan fingerprint density at radius 3 is 2.80 bits per heavy atom. The van der Waals surface area contributed by atoms with Gasteiger partial charge in [-0.1, -0.05) is 0 Å². The van der Waals surface area contributed by atoms with Gasteiger partial charge in [-0.25, -0.2) is 0 Å². The number of nitrogens with zero attached hydrogens (tertiary/aromatic N) is 1. The third-order valence-corrected chi connectivity index (χ3v) is 4.17. The van der Waals surface area contributed by atoms with Crippen molar-refractivity contribution >= 4 is 0 Å². The van der Waals surface area contributed by atoms with Gasteiger partial charge in [0, 0.05) is 32.0 Å². The fourth-order valence-electron chi connectivity index (χ4n) is 2.71. The number of nitrogens with one attached hydrogen (secondary N) is 1. The summed E-state index contributed by atoms with van der Waals surface area (Å²) in [5.41, 5.74) is 2.12. The van der Waals surface area contributed by atoms with Crippen molar-refractivity contribution < 1.29 is 0 Å². The Bertz CT molecular complexity index is 345. The van der Waals surface area contributed by atoms with Gasteiger partial charge in [0.05, 0.1) is 0 Å². The van der Waals surface area contributed by atoms with Crippen molar-refractivity contribution in [3.63, 3.8) is 0 Å². The van der Waals surface area contributed by atoms with Crippen molar-refractivity contribution in [2.24, 2.45) is 18.4 Å². The Morgan fingerprint density at radius 2 is 2.27 bits per heavy atom. The Hall–Kier alpha value is -0.760. The quantitative estimate of drug-likeness (QED) is 0.778. The van der Waals surface area contributed by atoms with Gasteiger partial charge < -0.3 is 9.88 Å². The minimum Gasteiger partial charge on any atom is -0.353 e. The molecule has 1 aromatic rings. The number of hydrogen-bond donors (Lipinski definition) is 1. The van der Waals surface area contributed by atoms with Crippen LogP contribution in [0.25, 0.3) is 0 Å². The highest BCUT2D eigenvalue weighted by Gasteiger charge is 2.53. The van der Waals surface area contributed by atoms with E-state index in [0.29, 0.717) is 0 Å². The van der Waals surface area contributed by atoms with Crippen LogP contribution in [0.2, 0.25) is 0 Å². The SMILES string of the molecule is Cn1cccc1CNCC1(C2CC2)CC1. The molecule has 3 rings (SSSR count). The maximum atomic E-state index is 3.63. The van der Waals surface area contributed by atoms with Gasteiger partial charge in [-0.15, -0.1) is 0 Å². The van der Waals surface area contributed by atoms with Gasteiger partial charge in [0.25, 0.3) is 0 Å².